The fourth-order valence-electron chi connectivity index (χ4n) is 4.21. The molecule has 5 rings (SSSR count). The Bertz CT molecular complexity index is 1820. The summed E-state index contributed by atoms with van der Waals surface area (Å²) >= 11 is 1.04. The molecule has 1 heterocycles. The molecular formula is C31H26FN3O5S2. The van der Waals surface area contributed by atoms with Crippen LogP contribution in [0.25, 0.3) is 0 Å². The fourth-order valence-corrected chi connectivity index (χ4v) is 6.25. The van der Waals surface area contributed by atoms with Crippen LogP contribution in [0.5, 0.6) is 5.75 Å². The molecular weight excluding hydrogens is 577 g/mol. The highest BCUT2D eigenvalue weighted by Gasteiger charge is 2.40. The third-order valence-corrected chi connectivity index (χ3v) is 9.05. The van der Waals surface area contributed by atoms with E-state index in [0.29, 0.717) is 22.0 Å². The second kappa shape index (κ2) is 11.7. The summed E-state index contributed by atoms with van der Waals surface area (Å²) in [6.07, 6.45) is 0. The van der Waals surface area contributed by atoms with Crippen LogP contribution in [0.2, 0.25) is 0 Å². The minimum Gasteiger partial charge on any atom is -0.497 e. The van der Waals surface area contributed by atoms with Crippen LogP contribution in [0.3, 0.4) is 0 Å². The van der Waals surface area contributed by atoms with E-state index >= 15 is 0 Å². The molecule has 0 unspecified atom stereocenters. The zero-order chi connectivity index (χ0) is 30.0. The number of carbonyl (C=O) groups excluding carboxylic acids is 2. The van der Waals surface area contributed by atoms with Crippen LogP contribution in [0.4, 0.5) is 21.5 Å². The van der Waals surface area contributed by atoms with Crippen molar-refractivity contribution < 1.29 is 27.1 Å². The summed E-state index contributed by atoms with van der Waals surface area (Å²) < 4.78 is 46.7. The van der Waals surface area contributed by atoms with Gasteiger partial charge in [-0.15, -0.1) is 0 Å². The van der Waals surface area contributed by atoms with Crippen molar-refractivity contribution >= 4 is 50.7 Å². The number of hydrogen-bond donors (Lipinski definition) is 2. The number of sulfonamides is 1. The number of aryl methyl sites for hydroxylation is 2. The highest BCUT2D eigenvalue weighted by Crippen LogP contribution is 2.39. The van der Waals surface area contributed by atoms with Gasteiger partial charge in [0.15, 0.2) is 0 Å². The number of hydrogen-bond acceptors (Lipinski definition) is 7. The predicted molar refractivity (Wildman–Crippen MR) is 162 cm³/mol. The molecule has 0 saturated heterocycles. The van der Waals surface area contributed by atoms with Gasteiger partial charge in [0.2, 0.25) is 0 Å². The minimum atomic E-state index is -3.99. The van der Waals surface area contributed by atoms with Crippen molar-refractivity contribution in [3.05, 3.63) is 119 Å². The first-order valence-corrected chi connectivity index (χ1v) is 15.0. The fraction of sp³-hybridized carbons (Fsp3) is 0.0968. The standard InChI is InChI=1S/C31H26FN3O5S2/c1-19-7-10-22(17-20(19)2)33-28-29(31(37)35(30(28)36)24-11-13-25(40-3)14-12-24)41-26-6-4-5-23(18-26)34-42(38,39)27-15-8-21(32)9-16-27/h4-18,33-34H,1-3H3. The van der Waals surface area contributed by atoms with Gasteiger partial charge in [-0.25, -0.2) is 17.7 Å². The summed E-state index contributed by atoms with van der Waals surface area (Å²) in [5.41, 5.74) is 3.45. The summed E-state index contributed by atoms with van der Waals surface area (Å²) in [4.78, 5) is 29.1. The Morgan fingerprint density at radius 1 is 0.810 bits per heavy atom. The number of imide groups is 1. The normalized spacial score (nSPS) is 13.5. The van der Waals surface area contributed by atoms with Crippen molar-refractivity contribution in [1.82, 2.24) is 0 Å². The average Bonchev–Trinajstić information content (AvgIpc) is 3.19. The number of nitrogens with one attached hydrogen (secondary N) is 2. The summed E-state index contributed by atoms with van der Waals surface area (Å²) in [7, 11) is -2.47. The van der Waals surface area contributed by atoms with Crippen LogP contribution in [-0.2, 0) is 19.6 Å². The van der Waals surface area contributed by atoms with E-state index in [2.05, 4.69) is 10.0 Å². The Balaban J connectivity index is 1.48. The average molecular weight is 604 g/mol. The Morgan fingerprint density at radius 2 is 1.52 bits per heavy atom. The molecule has 2 N–H and O–H groups in total. The third-order valence-electron chi connectivity index (χ3n) is 6.58. The maximum Gasteiger partial charge on any atom is 0.283 e. The van der Waals surface area contributed by atoms with Gasteiger partial charge < -0.3 is 10.1 Å². The topological polar surface area (TPSA) is 105 Å². The van der Waals surface area contributed by atoms with Crippen molar-refractivity contribution in [3.63, 3.8) is 0 Å². The molecule has 1 aliphatic heterocycles. The molecule has 214 valence electrons. The first-order chi connectivity index (χ1) is 20.1. The molecule has 4 aromatic carbocycles. The first-order valence-electron chi connectivity index (χ1n) is 12.7. The Morgan fingerprint density at radius 3 is 2.19 bits per heavy atom. The summed E-state index contributed by atoms with van der Waals surface area (Å²) in [5, 5.41) is 3.14. The first kappa shape index (κ1) is 28.9. The van der Waals surface area contributed by atoms with Gasteiger partial charge in [0.25, 0.3) is 21.8 Å². The van der Waals surface area contributed by atoms with E-state index in [0.717, 1.165) is 39.9 Å². The van der Waals surface area contributed by atoms with Crippen molar-refractivity contribution in [2.24, 2.45) is 0 Å². The number of nitrogens with zero attached hydrogens (tertiary/aromatic N) is 1. The Hall–Kier alpha value is -4.61. The molecule has 0 spiro atoms. The van der Waals surface area contributed by atoms with Gasteiger partial charge in [-0.3, -0.25) is 14.3 Å². The van der Waals surface area contributed by atoms with Crippen LogP contribution in [0.15, 0.2) is 111 Å². The van der Waals surface area contributed by atoms with Crippen LogP contribution in [0, 0.1) is 19.7 Å². The number of methoxy groups -OCH3 is 1. The molecule has 11 heteroatoms. The van der Waals surface area contributed by atoms with E-state index in [1.807, 2.05) is 32.0 Å². The van der Waals surface area contributed by atoms with Crippen LogP contribution < -0.4 is 19.7 Å². The van der Waals surface area contributed by atoms with Crippen LogP contribution >= 0.6 is 11.8 Å². The Labute approximate surface area is 247 Å². The predicted octanol–water partition coefficient (Wildman–Crippen LogP) is 6.24. The number of thioether (sulfide) groups is 1. The number of anilines is 3. The third kappa shape index (κ3) is 6.02. The van der Waals surface area contributed by atoms with E-state index < -0.39 is 27.7 Å². The maximum absolute atomic E-state index is 13.7. The summed E-state index contributed by atoms with van der Waals surface area (Å²) in [6.45, 7) is 3.93. The smallest absolute Gasteiger partial charge is 0.283 e. The molecule has 0 fully saturated rings. The molecule has 0 aliphatic carbocycles. The zero-order valence-electron chi connectivity index (χ0n) is 22.8. The molecule has 2 amide bonds. The second-order valence-electron chi connectivity index (χ2n) is 9.46. The van der Waals surface area contributed by atoms with E-state index in [-0.39, 0.29) is 21.2 Å². The van der Waals surface area contributed by atoms with Gasteiger partial charge in [-0.2, -0.15) is 0 Å². The largest absolute Gasteiger partial charge is 0.497 e. The maximum atomic E-state index is 13.7. The monoisotopic (exact) mass is 603 g/mol. The van der Waals surface area contributed by atoms with Gasteiger partial charge in [0, 0.05) is 16.3 Å². The summed E-state index contributed by atoms with van der Waals surface area (Å²) in [5.74, 6) is -1.03. The number of benzene rings is 4. The zero-order valence-corrected chi connectivity index (χ0v) is 24.5. The summed E-state index contributed by atoms with van der Waals surface area (Å²) in [6, 6.07) is 23.1. The quantitative estimate of drug-likeness (QED) is 0.218. The lowest BCUT2D eigenvalue weighted by atomic mass is 10.1. The van der Waals surface area contributed by atoms with Gasteiger partial charge >= 0.3 is 0 Å². The molecule has 0 radical (unpaired) electrons. The van der Waals surface area contributed by atoms with Crippen molar-refractivity contribution in [2.45, 2.75) is 23.6 Å². The highest BCUT2D eigenvalue weighted by atomic mass is 32.2. The number of carbonyl (C=O) groups is 2. The van der Waals surface area contributed by atoms with Crippen LogP contribution in [-0.4, -0.2) is 27.3 Å². The second-order valence-corrected chi connectivity index (χ2v) is 12.2. The van der Waals surface area contributed by atoms with Gasteiger partial charge in [0.05, 0.1) is 17.7 Å². The molecule has 1 aliphatic rings. The number of amides is 2. The molecule has 4 aromatic rings. The van der Waals surface area contributed by atoms with E-state index in [1.165, 1.54) is 19.2 Å². The van der Waals surface area contributed by atoms with Gasteiger partial charge in [0.1, 0.15) is 22.2 Å². The number of halogens is 1. The highest BCUT2D eigenvalue weighted by molar-refractivity contribution is 8.04. The Kier molecular flexibility index (Phi) is 8.06. The van der Waals surface area contributed by atoms with E-state index in [1.54, 1.807) is 48.5 Å². The molecule has 0 bridgehead atoms. The lowest BCUT2D eigenvalue weighted by molar-refractivity contribution is -0.120. The molecule has 8 nitrogen and oxygen atoms in total. The SMILES string of the molecule is COc1ccc(N2C(=O)C(Nc3ccc(C)c(C)c3)=C(Sc3cccc(NS(=O)(=O)c4ccc(F)cc4)c3)C2=O)cc1. The van der Waals surface area contributed by atoms with Crippen molar-refractivity contribution in [2.75, 3.05) is 22.0 Å². The minimum absolute atomic E-state index is 0.0985. The van der Waals surface area contributed by atoms with E-state index in [4.69, 9.17) is 4.74 Å². The number of ether oxygens (including phenoxy) is 1. The van der Waals surface area contributed by atoms with E-state index in [9.17, 15) is 22.4 Å². The van der Waals surface area contributed by atoms with Gasteiger partial charge in [-0.05, 0) is 104 Å². The number of rotatable bonds is 9. The van der Waals surface area contributed by atoms with Crippen molar-refractivity contribution in [1.29, 1.82) is 0 Å². The molecule has 0 aromatic heterocycles. The van der Waals surface area contributed by atoms with Gasteiger partial charge in [-0.1, -0.05) is 23.9 Å². The lowest BCUT2D eigenvalue weighted by Gasteiger charge is -2.16. The van der Waals surface area contributed by atoms with Crippen molar-refractivity contribution in [3.8, 4) is 5.75 Å². The lowest BCUT2D eigenvalue weighted by Crippen LogP contribution is -2.32. The molecule has 0 atom stereocenters. The molecule has 0 saturated carbocycles. The van der Waals surface area contributed by atoms with Crippen LogP contribution in [0.1, 0.15) is 11.1 Å². The molecule has 42 heavy (non-hydrogen) atoms.